The zero-order valence-electron chi connectivity index (χ0n) is 21.5. The van der Waals surface area contributed by atoms with E-state index in [1.54, 1.807) is 0 Å². The van der Waals surface area contributed by atoms with Gasteiger partial charge in [-0.15, -0.1) is 0 Å². The van der Waals surface area contributed by atoms with E-state index in [0.29, 0.717) is 13.2 Å². The molecular weight excluding hydrogens is 448 g/mol. The van der Waals surface area contributed by atoms with E-state index in [4.69, 9.17) is 4.74 Å². The third-order valence-electron chi connectivity index (χ3n) is 6.36. The summed E-state index contributed by atoms with van der Waals surface area (Å²) >= 11 is 0. The van der Waals surface area contributed by atoms with Crippen LogP contribution in [0.3, 0.4) is 0 Å². The van der Waals surface area contributed by atoms with Crippen molar-refractivity contribution in [2.75, 3.05) is 52.1 Å². The lowest BCUT2D eigenvalue weighted by Gasteiger charge is -2.22. The van der Waals surface area contributed by atoms with E-state index in [9.17, 15) is 4.79 Å². The number of carbonyl (C=O) groups excluding carboxylic acids is 1. The topological polar surface area (TPSA) is 48.1 Å². The highest BCUT2D eigenvalue weighted by Crippen LogP contribution is 2.17. The third-order valence-corrected chi connectivity index (χ3v) is 6.36. The Balaban J connectivity index is 1.20. The summed E-state index contributed by atoms with van der Waals surface area (Å²) in [6, 6.07) is 27.0. The minimum atomic E-state index is 0.00899. The molecule has 1 amide bonds. The fourth-order valence-electron chi connectivity index (χ4n) is 4.47. The molecule has 0 aromatic heterocycles. The van der Waals surface area contributed by atoms with Gasteiger partial charge in [-0.3, -0.25) is 14.6 Å². The average molecular weight is 487 g/mol. The van der Waals surface area contributed by atoms with Crippen molar-refractivity contribution in [3.05, 3.63) is 95.6 Å². The fourth-order valence-corrected chi connectivity index (χ4v) is 4.47. The molecule has 0 atom stereocenters. The van der Waals surface area contributed by atoms with E-state index in [0.717, 1.165) is 57.1 Å². The predicted octanol–water partition coefficient (Wildman–Crippen LogP) is 4.47. The lowest BCUT2D eigenvalue weighted by Crippen LogP contribution is -2.30. The van der Waals surface area contributed by atoms with Crippen molar-refractivity contribution < 1.29 is 9.53 Å². The molecule has 0 unspecified atom stereocenters. The van der Waals surface area contributed by atoms with Crippen LogP contribution in [0.15, 0.2) is 78.9 Å². The van der Waals surface area contributed by atoms with Crippen LogP contribution < -0.4 is 10.1 Å². The van der Waals surface area contributed by atoms with Gasteiger partial charge >= 0.3 is 0 Å². The number of hydrogen-bond acceptors (Lipinski definition) is 5. The first-order valence-corrected chi connectivity index (χ1v) is 12.8. The molecule has 3 aromatic carbocycles. The fraction of sp³-hybridized carbons (Fsp3) is 0.367. The van der Waals surface area contributed by atoms with E-state index in [1.807, 2.05) is 49.3 Å². The number of ether oxygens (including phenoxy) is 1. The van der Waals surface area contributed by atoms with Gasteiger partial charge in [-0.05, 0) is 74.6 Å². The molecule has 3 aromatic rings. The number of benzene rings is 3. The summed E-state index contributed by atoms with van der Waals surface area (Å²) in [4.78, 5) is 18.9. The molecule has 190 valence electrons. The molecule has 1 aliphatic rings. The number of nitrogens with one attached hydrogen (secondary N) is 1. The maximum Gasteiger partial charge on any atom is 0.238 e. The Kier molecular flexibility index (Phi) is 9.50. The molecule has 1 saturated heterocycles. The Morgan fingerprint density at radius 3 is 1.94 bits per heavy atom. The summed E-state index contributed by atoms with van der Waals surface area (Å²) in [5.74, 6) is 0.919. The molecule has 6 nitrogen and oxygen atoms in total. The second-order valence-electron chi connectivity index (χ2n) is 9.81. The van der Waals surface area contributed by atoms with Crippen LogP contribution in [-0.4, -0.2) is 67.4 Å². The first kappa shape index (κ1) is 25.9. The smallest absolute Gasteiger partial charge is 0.238 e. The molecule has 1 N–H and O–H groups in total. The summed E-state index contributed by atoms with van der Waals surface area (Å²) in [5, 5.41) is 2.95. The van der Waals surface area contributed by atoms with Gasteiger partial charge in [0.2, 0.25) is 5.91 Å². The van der Waals surface area contributed by atoms with Crippen molar-refractivity contribution >= 4 is 11.6 Å². The van der Waals surface area contributed by atoms with E-state index in [-0.39, 0.29) is 5.91 Å². The second-order valence-corrected chi connectivity index (χ2v) is 9.81. The van der Waals surface area contributed by atoms with E-state index in [1.165, 1.54) is 16.7 Å². The van der Waals surface area contributed by atoms with E-state index >= 15 is 0 Å². The zero-order valence-corrected chi connectivity index (χ0v) is 21.5. The predicted molar refractivity (Wildman–Crippen MR) is 146 cm³/mol. The van der Waals surface area contributed by atoms with Gasteiger partial charge in [0, 0.05) is 31.9 Å². The first-order valence-electron chi connectivity index (χ1n) is 12.8. The quantitative estimate of drug-likeness (QED) is 0.458. The zero-order chi connectivity index (χ0) is 25.2. The Morgan fingerprint density at radius 1 is 0.778 bits per heavy atom. The van der Waals surface area contributed by atoms with Crippen LogP contribution in [0.4, 0.5) is 5.69 Å². The highest BCUT2D eigenvalue weighted by atomic mass is 16.5. The van der Waals surface area contributed by atoms with Gasteiger partial charge in [0.15, 0.2) is 0 Å². The molecule has 0 spiro atoms. The van der Waals surface area contributed by atoms with Crippen molar-refractivity contribution in [2.24, 2.45) is 0 Å². The Labute approximate surface area is 215 Å². The summed E-state index contributed by atoms with van der Waals surface area (Å²) in [5.41, 5.74) is 4.63. The molecule has 4 rings (SSSR count). The Morgan fingerprint density at radius 2 is 1.36 bits per heavy atom. The van der Waals surface area contributed by atoms with Crippen molar-refractivity contribution in [1.82, 2.24) is 14.7 Å². The van der Waals surface area contributed by atoms with Gasteiger partial charge in [0.25, 0.3) is 0 Å². The molecular formula is C30H38N4O2. The molecule has 0 radical (unpaired) electrons. The molecule has 1 fully saturated rings. The van der Waals surface area contributed by atoms with Crippen molar-refractivity contribution in [3.8, 4) is 5.75 Å². The number of rotatable bonds is 10. The molecule has 36 heavy (non-hydrogen) atoms. The Bertz CT molecular complexity index is 1070. The van der Waals surface area contributed by atoms with Gasteiger partial charge < -0.3 is 15.0 Å². The number of carbonyl (C=O) groups is 1. The van der Waals surface area contributed by atoms with Gasteiger partial charge in [-0.1, -0.05) is 54.6 Å². The minimum Gasteiger partial charge on any atom is -0.489 e. The Hall–Kier alpha value is -3.19. The van der Waals surface area contributed by atoms with Crippen LogP contribution in [0.25, 0.3) is 0 Å². The second kappa shape index (κ2) is 13.2. The van der Waals surface area contributed by atoms with Crippen LogP contribution in [-0.2, 0) is 24.5 Å². The molecule has 0 aliphatic carbocycles. The van der Waals surface area contributed by atoms with Gasteiger partial charge in [-0.25, -0.2) is 0 Å². The third kappa shape index (κ3) is 8.48. The van der Waals surface area contributed by atoms with E-state index in [2.05, 4.69) is 63.6 Å². The maximum atomic E-state index is 12.0. The maximum absolute atomic E-state index is 12.0. The highest BCUT2D eigenvalue weighted by Gasteiger charge is 2.15. The van der Waals surface area contributed by atoms with Crippen molar-refractivity contribution in [1.29, 1.82) is 0 Å². The van der Waals surface area contributed by atoms with Crippen LogP contribution in [0, 0.1) is 0 Å². The van der Waals surface area contributed by atoms with Crippen LogP contribution in [0.5, 0.6) is 5.75 Å². The van der Waals surface area contributed by atoms with E-state index < -0.39 is 0 Å². The number of anilines is 1. The number of amides is 1. The lowest BCUT2D eigenvalue weighted by atomic mass is 10.2. The molecule has 1 aliphatic heterocycles. The average Bonchev–Trinajstić information content (AvgIpc) is 3.10. The molecule has 0 bridgehead atoms. The number of likely N-dealkylation sites (N-methyl/N-ethyl adjacent to an activating group) is 1. The normalized spacial score (nSPS) is 15.0. The monoisotopic (exact) mass is 486 g/mol. The van der Waals surface area contributed by atoms with Crippen molar-refractivity contribution in [2.45, 2.75) is 26.1 Å². The van der Waals surface area contributed by atoms with Crippen LogP contribution in [0.1, 0.15) is 23.1 Å². The van der Waals surface area contributed by atoms with Crippen LogP contribution >= 0.6 is 0 Å². The number of nitrogens with zero attached hydrogens (tertiary/aromatic N) is 3. The molecule has 0 saturated carbocycles. The SMILES string of the molecule is CN(C)CC(=O)Nc1ccc(CN2CCCN(Cc3ccc(OCc4ccccc4)cc3)CC2)cc1. The van der Waals surface area contributed by atoms with Gasteiger partial charge in [0.1, 0.15) is 12.4 Å². The number of hydrogen-bond donors (Lipinski definition) is 1. The highest BCUT2D eigenvalue weighted by molar-refractivity contribution is 5.92. The lowest BCUT2D eigenvalue weighted by molar-refractivity contribution is -0.116. The van der Waals surface area contributed by atoms with Gasteiger partial charge in [-0.2, -0.15) is 0 Å². The summed E-state index contributed by atoms with van der Waals surface area (Å²) in [7, 11) is 3.79. The van der Waals surface area contributed by atoms with Crippen molar-refractivity contribution in [3.63, 3.8) is 0 Å². The first-order chi connectivity index (χ1) is 17.5. The summed E-state index contributed by atoms with van der Waals surface area (Å²) < 4.78 is 5.93. The molecule has 6 heteroatoms. The minimum absolute atomic E-state index is 0.00899. The molecule has 1 heterocycles. The largest absolute Gasteiger partial charge is 0.489 e. The standard InChI is InChI=1S/C30H38N4O2/c1-32(2)23-30(35)31-28-13-9-25(10-14-28)21-33-17-6-18-34(20-19-33)22-26-11-15-29(16-12-26)36-24-27-7-4-3-5-8-27/h3-5,7-16H,6,17-24H2,1-2H3,(H,31,35). The summed E-state index contributed by atoms with van der Waals surface area (Å²) in [6.07, 6.45) is 1.16. The van der Waals surface area contributed by atoms with Crippen LogP contribution in [0.2, 0.25) is 0 Å². The summed E-state index contributed by atoms with van der Waals surface area (Å²) in [6.45, 7) is 7.21. The van der Waals surface area contributed by atoms with Gasteiger partial charge in [0.05, 0.1) is 6.54 Å².